The Kier molecular flexibility index (Phi) is 3.05. The van der Waals surface area contributed by atoms with E-state index in [1.54, 1.807) is 12.3 Å². The Bertz CT molecular complexity index is 919. The van der Waals surface area contributed by atoms with Crippen LogP contribution in [0, 0.1) is 29.6 Å². The maximum atomic E-state index is 9.45. The average molecular weight is 289 g/mol. The van der Waals surface area contributed by atoms with Crippen molar-refractivity contribution in [2.75, 3.05) is 5.73 Å². The number of aromatic nitrogens is 1. The molecule has 0 atom stereocenters. The van der Waals surface area contributed by atoms with Gasteiger partial charge in [-0.25, -0.2) is 4.98 Å². The van der Waals surface area contributed by atoms with Gasteiger partial charge in [0.15, 0.2) is 5.69 Å². The van der Waals surface area contributed by atoms with Crippen molar-refractivity contribution in [2.24, 2.45) is 0 Å². The zero-order chi connectivity index (χ0) is 15.9. The van der Waals surface area contributed by atoms with Crippen LogP contribution in [-0.4, -0.2) is 0 Å². The van der Waals surface area contributed by atoms with E-state index in [1.807, 2.05) is 26.0 Å². The highest BCUT2D eigenvalue weighted by Crippen LogP contribution is 2.42. The molecule has 0 bridgehead atoms. The maximum absolute atomic E-state index is 9.45. The van der Waals surface area contributed by atoms with Gasteiger partial charge in [0.25, 0.3) is 5.82 Å². The monoisotopic (exact) mass is 289 g/mol. The first kappa shape index (κ1) is 13.7. The van der Waals surface area contributed by atoms with Gasteiger partial charge in [-0.1, -0.05) is 0 Å². The summed E-state index contributed by atoms with van der Waals surface area (Å²) in [6.07, 6.45) is 3.46. The number of hydrogen-bond donors (Lipinski definition) is 1. The van der Waals surface area contributed by atoms with E-state index in [-0.39, 0.29) is 5.82 Å². The van der Waals surface area contributed by atoms with Crippen LogP contribution in [0.2, 0.25) is 0 Å². The third-order valence-electron chi connectivity index (χ3n) is 3.88. The van der Waals surface area contributed by atoms with Gasteiger partial charge in [-0.3, -0.25) is 5.73 Å². The molecule has 22 heavy (non-hydrogen) atoms. The molecule has 0 fully saturated rings. The van der Waals surface area contributed by atoms with E-state index in [2.05, 4.69) is 17.1 Å². The van der Waals surface area contributed by atoms with E-state index in [0.29, 0.717) is 22.6 Å². The molecule has 0 saturated heterocycles. The molecule has 1 aliphatic rings. The van der Waals surface area contributed by atoms with E-state index in [9.17, 15) is 10.5 Å². The number of pyridine rings is 1. The lowest BCUT2D eigenvalue weighted by Crippen LogP contribution is -2.20. The molecular formula is C17H13N4O+. The molecule has 0 saturated carbocycles. The van der Waals surface area contributed by atoms with Crippen LogP contribution in [0.5, 0.6) is 0 Å². The molecule has 1 aliphatic carbocycles. The third-order valence-corrected chi connectivity index (χ3v) is 3.88. The number of rotatable bonds is 1. The summed E-state index contributed by atoms with van der Waals surface area (Å²) in [5.41, 5.74) is 10.8. The molecule has 3 N–H and O–H groups in total. The van der Waals surface area contributed by atoms with Crippen LogP contribution in [0.1, 0.15) is 35.1 Å². The minimum absolute atomic E-state index is 0.276. The summed E-state index contributed by atoms with van der Waals surface area (Å²) in [7, 11) is 0. The van der Waals surface area contributed by atoms with E-state index in [4.69, 9.17) is 10.2 Å². The largest absolute Gasteiger partial charge is 0.465 e. The Morgan fingerprint density at radius 1 is 1.27 bits per heavy atom. The third kappa shape index (κ3) is 1.81. The van der Waals surface area contributed by atoms with Gasteiger partial charge in [0.05, 0.1) is 6.26 Å². The Morgan fingerprint density at radius 3 is 2.64 bits per heavy atom. The Hall–Kier alpha value is -3.31. The maximum Gasteiger partial charge on any atom is 0.289 e. The molecule has 0 radical (unpaired) electrons. The quantitative estimate of drug-likeness (QED) is 0.872. The Labute approximate surface area is 127 Å². The predicted octanol–water partition coefficient (Wildman–Crippen LogP) is 2.71. The number of nitrogen functional groups attached to an aromatic ring is 1. The molecule has 2 heterocycles. The van der Waals surface area contributed by atoms with Crippen LogP contribution in [0.3, 0.4) is 0 Å². The number of nitrogens with two attached hydrogens (primary N) is 1. The number of nitriles is 2. The molecule has 3 rings (SSSR count). The second-order valence-corrected chi connectivity index (χ2v) is 5.09. The Morgan fingerprint density at radius 2 is 2.05 bits per heavy atom. The smallest absolute Gasteiger partial charge is 0.289 e. The molecule has 0 unspecified atom stereocenters. The molecule has 2 aromatic heterocycles. The number of H-pyrrole nitrogens is 1. The summed E-state index contributed by atoms with van der Waals surface area (Å²) >= 11 is 0. The van der Waals surface area contributed by atoms with Gasteiger partial charge in [-0.05, 0) is 48.8 Å². The van der Waals surface area contributed by atoms with Crippen molar-refractivity contribution < 1.29 is 9.40 Å². The lowest BCUT2D eigenvalue weighted by molar-refractivity contribution is -0.364. The van der Waals surface area contributed by atoms with Gasteiger partial charge in [0.1, 0.15) is 29.0 Å². The van der Waals surface area contributed by atoms with Gasteiger partial charge in [-0.2, -0.15) is 10.5 Å². The standard InChI is InChI=1S/C17H12N4O/c1-9-12(6-11-4-3-5-22-11)15-10(2)14(8-19)17(20)21-16(15)13(9)7-18/h3-6H,1-2H3,(H2,20,21)/p+1/b12-6+. The van der Waals surface area contributed by atoms with Gasteiger partial charge < -0.3 is 4.42 Å². The molecule has 0 spiro atoms. The first-order chi connectivity index (χ1) is 10.6. The Balaban J connectivity index is 2.36. The first-order valence-corrected chi connectivity index (χ1v) is 6.71. The van der Waals surface area contributed by atoms with Crippen molar-refractivity contribution in [3.63, 3.8) is 0 Å². The van der Waals surface area contributed by atoms with Gasteiger partial charge >= 0.3 is 0 Å². The first-order valence-electron chi connectivity index (χ1n) is 6.71. The molecule has 106 valence electrons. The van der Waals surface area contributed by atoms with Crippen LogP contribution < -0.4 is 10.7 Å². The lowest BCUT2D eigenvalue weighted by atomic mass is 9.96. The van der Waals surface area contributed by atoms with E-state index in [0.717, 1.165) is 22.3 Å². The molecule has 5 nitrogen and oxygen atoms in total. The number of hydrogen-bond acceptors (Lipinski definition) is 4. The molecular weight excluding hydrogens is 276 g/mol. The summed E-state index contributed by atoms with van der Waals surface area (Å²) in [5.74, 6) is 0.966. The zero-order valence-corrected chi connectivity index (χ0v) is 12.2. The van der Waals surface area contributed by atoms with Crippen LogP contribution in [-0.2, 0) is 0 Å². The number of aromatic amines is 1. The fraction of sp³-hybridized carbons (Fsp3) is 0.118. The highest BCUT2D eigenvalue weighted by molar-refractivity contribution is 6.07. The van der Waals surface area contributed by atoms with Crippen molar-refractivity contribution in [1.29, 1.82) is 10.5 Å². The molecule has 5 heteroatoms. The number of fused-ring (bicyclic) bond motifs is 1. The molecule has 2 aromatic rings. The highest BCUT2D eigenvalue weighted by atomic mass is 16.3. The minimum atomic E-state index is 0.276. The summed E-state index contributed by atoms with van der Waals surface area (Å²) < 4.78 is 5.37. The van der Waals surface area contributed by atoms with Gasteiger partial charge in [-0.15, -0.1) is 0 Å². The van der Waals surface area contributed by atoms with Gasteiger partial charge in [0.2, 0.25) is 0 Å². The van der Waals surface area contributed by atoms with Crippen molar-refractivity contribution in [2.45, 2.75) is 13.8 Å². The van der Waals surface area contributed by atoms with E-state index < -0.39 is 0 Å². The predicted molar refractivity (Wildman–Crippen MR) is 81.6 cm³/mol. The normalized spacial score (nSPS) is 14.8. The van der Waals surface area contributed by atoms with Gasteiger partial charge in [0, 0.05) is 5.56 Å². The molecule has 0 amide bonds. The highest BCUT2D eigenvalue weighted by Gasteiger charge is 2.32. The fourth-order valence-electron chi connectivity index (χ4n) is 2.79. The number of nitrogens with one attached hydrogen (secondary N) is 1. The summed E-state index contributed by atoms with van der Waals surface area (Å²) in [5, 5.41) is 18.7. The van der Waals surface area contributed by atoms with Crippen molar-refractivity contribution >= 4 is 23.0 Å². The average Bonchev–Trinajstić information content (AvgIpc) is 3.07. The SMILES string of the molecule is CC1=C(C#N)c2[nH+]c(N)c(C#N)c(C)c2/C1=C/c1ccco1. The van der Waals surface area contributed by atoms with Crippen LogP contribution in [0.25, 0.3) is 17.2 Å². The number of anilines is 1. The second-order valence-electron chi connectivity index (χ2n) is 5.09. The number of furan rings is 1. The number of nitrogens with zero attached hydrogens (tertiary/aromatic N) is 2. The summed E-state index contributed by atoms with van der Waals surface area (Å²) in [6.45, 7) is 3.72. The lowest BCUT2D eigenvalue weighted by Gasteiger charge is -2.07. The second kappa shape index (κ2) is 4.91. The minimum Gasteiger partial charge on any atom is -0.465 e. The van der Waals surface area contributed by atoms with Crippen LogP contribution in [0.15, 0.2) is 28.4 Å². The molecule has 0 aromatic carbocycles. The van der Waals surface area contributed by atoms with E-state index in [1.165, 1.54) is 0 Å². The topological polar surface area (TPSA) is 101 Å². The summed E-state index contributed by atoms with van der Waals surface area (Å²) in [4.78, 5) is 2.99. The van der Waals surface area contributed by atoms with Crippen molar-refractivity contribution in [1.82, 2.24) is 0 Å². The molecule has 0 aliphatic heterocycles. The zero-order valence-electron chi connectivity index (χ0n) is 12.2. The van der Waals surface area contributed by atoms with E-state index >= 15 is 0 Å². The van der Waals surface area contributed by atoms with Crippen molar-refractivity contribution in [3.8, 4) is 12.1 Å². The van der Waals surface area contributed by atoms with Crippen LogP contribution >= 0.6 is 0 Å². The fourth-order valence-corrected chi connectivity index (χ4v) is 2.79. The summed E-state index contributed by atoms with van der Waals surface area (Å²) in [6, 6.07) is 7.96. The van der Waals surface area contributed by atoms with Crippen LogP contribution in [0.4, 0.5) is 5.82 Å². The van der Waals surface area contributed by atoms with Crippen molar-refractivity contribution in [3.05, 3.63) is 52.1 Å². The number of allylic oxidation sites excluding steroid dienone is 3.